The first kappa shape index (κ1) is 14.7. The number of thiocarbonyl (C=S) groups is 1. The lowest BCUT2D eigenvalue weighted by atomic mass is 9.93. The maximum atomic E-state index is 12.3. The number of carbonyl (C=O) groups is 1. The average Bonchev–Trinajstić information content (AvgIpc) is 2.39. The van der Waals surface area contributed by atoms with Crippen molar-refractivity contribution in [2.45, 2.75) is 38.3 Å². The van der Waals surface area contributed by atoms with E-state index in [0.29, 0.717) is 30.5 Å². The highest BCUT2D eigenvalue weighted by molar-refractivity contribution is 7.80. The van der Waals surface area contributed by atoms with E-state index in [2.05, 4.69) is 10.3 Å². The van der Waals surface area contributed by atoms with Gasteiger partial charge in [-0.2, -0.15) is 0 Å². The summed E-state index contributed by atoms with van der Waals surface area (Å²) >= 11 is 4.89. The Morgan fingerprint density at radius 2 is 2.35 bits per heavy atom. The van der Waals surface area contributed by atoms with Gasteiger partial charge in [-0.15, -0.1) is 0 Å². The highest BCUT2D eigenvalue weighted by atomic mass is 32.1. The largest absolute Gasteiger partial charge is 0.393 e. The summed E-state index contributed by atoms with van der Waals surface area (Å²) in [5, 5.41) is 3.04. The molecule has 2 rings (SSSR count). The second-order valence-electron chi connectivity index (χ2n) is 5.08. The van der Waals surface area contributed by atoms with Crippen LogP contribution in [0, 0.1) is 0 Å². The van der Waals surface area contributed by atoms with Crippen molar-refractivity contribution in [3.05, 3.63) is 30.1 Å². The third-order valence-electron chi connectivity index (χ3n) is 3.44. The Morgan fingerprint density at radius 3 is 2.90 bits per heavy atom. The van der Waals surface area contributed by atoms with Crippen LogP contribution in [0.1, 0.15) is 31.2 Å². The van der Waals surface area contributed by atoms with Crippen LogP contribution in [0.3, 0.4) is 0 Å². The van der Waals surface area contributed by atoms with Gasteiger partial charge < -0.3 is 16.0 Å². The van der Waals surface area contributed by atoms with Gasteiger partial charge in [0.1, 0.15) is 0 Å². The van der Waals surface area contributed by atoms with E-state index in [-0.39, 0.29) is 6.03 Å². The van der Waals surface area contributed by atoms with E-state index in [1.807, 2.05) is 12.1 Å². The zero-order valence-corrected chi connectivity index (χ0v) is 12.2. The molecule has 0 aromatic carbocycles. The zero-order valence-electron chi connectivity index (χ0n) is 11.4. The molecule has 1 aliphatic rings. The summed E-state index contributed by atoms with van der Waals surface area (Å²) in [7, 11) is 0. The molecule has 20 heavy (non-hydrogen) atoms. The normalized spacial score (nSPS) is 14.4. The fourth-order valence-corrected chi connectivity index (χ4v) is 2.12. The molecule has 0 spiro atoms. The minimum atomic E-state index is -0.0465. The minimum absolute atomic E-state index is 0.0465. The fraction of sp³-hybridized carbons (Fsp3) is 0.500. The van der Waals surface area contributed by atoms with Gasteiger partial charge in [0.05, 0.1) is 4.99 Å². The summed E-state index contributed by atoms with van der Waals surface area (Å²) in [4.78, 5) is 18.5. The van der Waals surface area contributed by atoms with Crippen molar-refractivity contribution in [3.63, 3.8) is 0 Å². The Hall–Kier alpha value is -1.69. The number of aromatic nitrogens is 1. The smallest absolute Gasteiger partial charge is 0.317 e. The van der Waals surface area contributed by atoms with Crippen molar-refractivity contribution >= 4 is 23.2 Å². The predicted octanol–water partition coefficient (Wildman–Crippen LogP) is 1.82. The number of carbonyl (C=O) groups excluding carboxylic acids is 1. The third kappa shape index (κ3) is 4.45. The standard InChI is InChI=1S/C14H20N4OS/c15-13(20)6-8-18(10-11-3-2-7-16-9-11)14(19)17-12-4-1-5-12/h2-3,7,9,12H,1,4-6,8,10H2,(H2,15,20)(H,17,19). The van der Waals surface area contributed by atoms with E-state index in [1.54, 1.807) is 17.3 Å². The number of hydrogen-bond acceptors (Lipinski definition) is 3. The van der Waals surface area contributed by atoms with Gasteiger partial charge in [-0.1, -0.05) is 18.3 Å². The molecule has 1 heterocycles. The molecule has 0 unspecified atom stereocenters. The Morgan fingerprint density at radius 1 is 1.55 bits per heavy atom. The Bertz CT molecular complexity index is 462. The van der Waals surface area contributed by atoms with Crippen LogP contribution in [0.2, 0.25) is 0 Å². The first-order valence-electron chi connectivity index (χ1n) is 6.88. The first-order chi connectivity index (χ1) is 9.65. The first-order valence-corrected chi connectivity index (χ1v) is 7.28. The molecule has 5 nitrogen and oxygen atoms in total. The van der Waals surface area contributed by atoms with Crippen LogP contribution in [-0.2, 0) is 6.54 Å². The van der Waals surface area contributed by atoms with Crippen molar-refractivity contribution < 1.29 is 4.79 Å². The van der Waals surface area contributed by atoms with E-state index in [9.17, 15) is 4.79 Å². The molecule has 1 aliphatic carbocycles. The van der Waals surface area contributed by atoms with Gasteiger partial charge in [0.2, 0.25) is 0 Å². The molecule has 0 bridgehead atoms. The van der Waals surface area contributed by atoms with Gasteiger partial charge in [0.15, 0.2) is 0 Å². The van der Waals surface area contributed by atoms with Crippen LogP contribution >= 0.6 is 12.2 Å². The number of amides is 2. The number of urea groups is 1. The molecular weight excluding hydrogens is 272 g/mol. The maximum Gasteiger partial charge on any atom is 0.317 e. The molecule has 1 saturated carbocycles. The number of nitrogens with zero attached hydrogens (tertiary/aromatic N) is 2. The summed E-state index contributed by atoms with van der Waals surface area (Å²) in [5.74, 6) is 0. The van der Waals surface area contributed by atoms with Gasteiger partial charge >= 0.3 is 6.03 Å². The van der Waals surface area contributed by atoms with Gasteiger partial charge in [-0.25, -0.2) is 4.79 Å². The fourth-order valence-electron chi connectivity index (χ4n) is 2.03. The molecular formula is C14H20N4OS. The molecule has 3 N–H and O–H groups in total. The molecule has 108 valence electrons. The maximum absolute atomic E-state index is 12.3. The van der Waals surface area contributed by atoms with Crippen molar-refractivity contribution in [1.82, 2.24) is 15.2 Å². The van der Waals surface area contributed by atoms with Gasteiger partial charge in [0.25, 0.3) is 0 Å². The molecule has 1 fully saturated rings. The second kappa shape index (κ2) is 7.19. The Balaban J connectivity index is 1.95. The summed E-state index contributed by atoms with van der Waals surface area (Å²) in [6, 6.07) is 4.10. The van der Waals surface area contributed by atoms with Crippen molar-refractivity contribution in [2.75, 3.05) is 6.54 Å². The molecule has 1 aromatic heterocycles. The molecule has 1 aromatic rings. The third-order valence-corrected chi connectivity index (χ3v) is 3.65. The van der Waals surface area contributed by atoms with Crippen LogP contribution in [0.5, 0.6) is 0 Å². The highest BCUT2D eigenvalue weighted by Crippen LogP contribution is 2.18. The zero-order chi connectivity index (χ0) is 14.4. The van der Waals surface area contributed by atoms with Crippen LogP contribution in [0.25, 0.3) is 0 Å². The number of nitrogens with one attached hydrogen (secondary N) is 1. The number of rotatable bonds is 6. The molecule has 0 atom stereocenters. The van der Waals surface area contributed by atoms with E-state index < -0.39 is 0 Å². The predicted molar refractivity (Wildman–Crippen MR) is 82.2 cm³/mol. The molecule has 2 amide bonds. The Labute approximate surface area is 124 Å². The summed E-state index contributed by atoms with van der Waals surface area (Å²) < 4.78 is 0. The molecule has 0 aliphatic heterocycles. The van der Waals surface area contributed by atoms with E-state index >= 15 is 0 Å². The summed E-state index contributed by atoms with van der Waals surface area (Å²) in [6.45, 7) is 1.05. The monoisotopic (exact) mass is 292 g/mol. The quantitative estimate of drug-likeness (QED) is 0.785. The molecule has 0 radical (unpaired) electrons. The summed E-state index contributed by atoms with van der Waals surface area (Å²) in [6.07, 6.45) is 7.36. The lowest BCUT2D eigenvalue weighted by molar-refractivity contribution is 0.185. The summed E-state index contributed by atoms with van der Waals surface area (Å²) in [5.41, 5.74) is 6.53. The van der Waals surface area contributed by atoms with Crippen molar-refractivity contribution in [3.8, 4) is 0 Å². The SMILES string of the molecule is NC(=S)CCN(Cc1cccnc1)C(=O)NC1CCC1. The van der Waals surface area contributed by atoms with Crippen LogP contribution in [-0.4, -0.2) is 33.5 Å². The molecule has 0 saturated heterocycles. The van der Waals surface area contributed by atoms with Crippen LogP contribution < -0.4 is 11.1 Å². The average molecular weight is 292 g/mol. The van der Waals surface area contributed by atoms with E-state index in [4.69, 9.17) is 18.0 Å². The molecule has 6 heteroatoms. The minimum Gasteiger partial charge on any atom is -0.393 e. The van der Waals surface area contributed by atoms with Crippen molar-refractivity contribution in [1.29, 1.82) is 0 Å². The van der Waals surface area contributed by atoms with Gasteiger partial charge in [-0.05, 0) is 30.9 Å². The lowest BCUT2D eigenvalue weighted by Crippen LogP contribution is -2.47. The Kier molecular flexibility index (Phi) is 5.29. The number of nitrogens with two attached hydrogens (primary N) is 1. The van der Waals surface area contributed by atoms with Crippen molar-refractivity contribution in [2.24, 2.45) is 5.73 Å². The number of hydrogen-bond donors (Lipinski definition) is 2. The lowest BCUT2D eigenvalue weighted by Gasteiger charge is -2.30. The van der Waals surface area contributed by atoms with Crippen LogP contribution in [0.4, 0.5) is 4.79 Å². The van der Waals surface area contributed by atoms with Gasteiger partial charge in [-0.3, -0.25) is 4.98 Å². The topological polar surface area (TPSA) is 71.2 Å². The van der Waals surface area contributed by atoms with E-state index in [0.717, 1.165) is 18.4 Å². The van der Waals surface area contributed by atoms with Crippen LogP contribution in [0.15, 0.2) is 24.5 Å². The van der Waals surface area contributed by atoms with Gasteiger partial charge in [0, 0.05) is 37.9 Å². The highest BCUT2D eigenvalue weighted by Gasteiger charge is 2.22. The second-order valence-corrected chi connectivity index (χ2v) is 5.60. The van der Waals surface area contributed by atoms with E-state index in [1.165, 1.54) is 6.42 Å². The number of pyridine rings is 1.